The van der Waals surface area contributed by atoms with Crippen molar-refractivity contribution in [2.75, 3.05) is 31.6 Å². The molecule has 7 heterocycles. The zero-order valence-electron chi connectivity index (χ0n) is 20.9. The van der Waals surface area contributed by atoms with E-state index in [0.29, 0.717) is 47.3 Å². The van der Waals surface area contributed by atoms with E-state index in [4.69, 9.17) is 14.6 Å². The third kappa shape index (κ3) is 3.94. The van der Waals surface area contributed by atoms with Gasteiger partial charge in [-0.05, 0) is 19.9 Å². The first kappa shape index (κ1) is 23.3. The average molecular weight is 535 g/mol. The van der Waals surface area contributed by atoms with Gasteiger partial charge in [-0.1, -0.05) is 0 Å². The van der Waals surface area contributed by atoms with Crippen LogP contribution >= 0.6 is 11.3 Å². The van der Waals surface area contributed by atoms with E-state index >= 15 is 0 Å². The molecule has 38 heavy (non-hydrogen) atoms. The van der Waals surface area contributed by atoms with E-state index in [0.717, 1.165) is 34.1 Å². The highest BCUT2D eigenvalue weighted by Gasteiger charge is 2.25. The maximum atomic E-state index is 13.2. The Kier molecular flexibility index (Phi) is 5.46. The largest absolute Gasteiger partial charge is 0.477 e. The number of carbonyl (C=O) groups is 1. The summed E-state index contributed by atoms with van der Waals surface area (Å²) >= 11 is 1.46. The highest BCUT2D eigenvalue weighted by molar-refractivity contribution is 7.21. The van der Waals surface area contributed by atoms with Crippen LogP contribution < -0.4 is 15.6 Å². The van der Waals surface area contributed by atoms with Crippen LogP contribution in [0.1, 0.15) is 20.3 Å². The third-order valence-electron chi connectivity index (χ3n) is 6.86. The number of fused-ring (bicyclic) bond motifs is 6. The molecule has 2 N–H and O–H groups in total. The number of ether oxygens (including phenoxy) is 2. The fourth-order valence-corrected chi connectivity index (χ4v) is 6.49. The van der Waals surface area contributed by atoms with Crippen molar-refractivity contribution in [3.63, 3.8) is 0 Å². The number of aromatic amines is 1. The van der Waals surface area contributed by atoms with Crippen molar-refractivity contribution in [1.82, 2.24) is 34.3 Å². The van der Waals surface area contributed by atoms with Crippen molar-refractivity contribution in [3.8, 4) is 16.3 Å². The highest BCUT2D eigenvalue weighted by Crippen LogP contribution is 2.38. The molecule has 0 aromatic carbocycles. The zero-order chi connectivity index (χ0) is 26.0. The number of nitrogens with one attached hydrogen (secondary N) is 2. The van der Waals surface area contributed by atoms with Gasteiger partial charge >= 0.3 is 0 Å². The monoisotopic (exact) mass is 534 g/mol. The first-order chi connectivity index (χ1) is 18.4. The van der Waals surface area contributed by atoms with Gasteiger partial charge in [0.05, 0.1) is 59.4 Å². The highest BCUT2D eigenvalue weighted by atomic mass is 32.1. The fourth-order valence-electron chi connectivity index (χ4n) is 5.40. The van der Waals surface area contributed by atoms with Crippen LogP contribution in [0, 0.1) is 0 Å². The molecular weight excluding hydrogens is 508 g/mol. The number of rotatable bonds is 4. The maximum absolute atomic E-state index is 13.2. The fraction of sp³-hybridized carbons (Fsp3) is 0.400. The van der Waals surface area contributed by atoms with Gasteiger partial charge in [-0.3, -0.25) is 19.5 Å². The molecule has 5 aromatic rings. The molecule has 7 rings (SSSR count). The predicted octanol–water partition coefficient (Wildman–Crippen LogP) is 2.48. The van der Waals surface area contributed by atoms with Crippen molar-refractivity contribution in [2.24, 2.45) is 0 Å². The molecule has 1 saturated heterocycles. The number of anilines is 1. The summed E-state index contributed by atoms with van der Waals surface area (Å²) in [4.78, 5) is 37.1. The van der Waals surface area contributed by atoms with Crippen molar-refractivity contribution in [1.29, 1.82) is 0 Å². The maximum Gasteiger partial charge on any atom is 0.261 e. The van der Waals surface area contributed by atoms with Crippen LogP contribution in [0.2, 0.25) is 0 Å². The molecule has 12 nitrogen and oxygen atoms in total. The Hall–Kier alpha value is -3.81. The molecule has 0 radical (unpaired) electrons. The van der Waals surface area contributed by atoms with Crippen LogP contribution in [0.3, 0.4) is 0 Å². The second-order valence-corrected chi connectivity index (χ2v) is 11.0. The molecule has 0 unspecified atom stereocenters. The van der Waals surface area contributed by atoms with Gasteiger partial charge < -0.3 is 19.8 Å². The summed E-state index contributed by atoms with van der Waals surface area (Å²) < 4.78 is 15.2. The molecule has 0 bridgehead atoms. The SMILES string of the molecule is C[C@H]1CN(CC(=O)Nc2cnc3c(c2)[nH]c(=O)c2c3nn3cc(-c4cnn5c4OCCC5)sc23)C[C@H](C)O1. The number of pyridine rings is 2. The molecule has 1 fully saturated rings. The lowest BCUT2D eigenvalue weighted by molar-refractivity contribution is -0.121. The second kappa shape index (κ2) is 8.89. The van der Waals surface area contributed by atoms with E-state index in [1.54, 1.807) is 23.0 Å². The van der Waals surface area contributed by atoms with Crippen molar-refractivity contribution >= 4 is 49.7 Å². The van der Waals surface area contributed by atoms with E-state index in [2.05, 4.69) is 25.3 Å². The molecule has 1 amide bonds. The number of thiazole rings is 1. The second-order valence-electron chi connectivity index (χ2n) is 9.93. The van der Waals surface area contributed by atoms with Gasteiger partial charge in [-0.2, -0.15) is 10.2 Å². The van der Waals surface area contributed by atoms with Gasteiger partial charge in [0, 0.05) is 32.3 Å². The van der Waals surface area contributed by atoms with Crippen molar-refractivity contribution < 1.29 is 14.3 Å². The van der Waals surface area contributed by atoms with E-state index in [1.165, 1.54) is 11.3 Å². The van der Waals surface area contributed by atoms with Crippen LogP contribution in [0.25, 0.3) is 37.2 Å². The van der Waals surface area contributed by atoms with Gasteiger partial charge in [-0.15, -0.1) is 11.3 Å². The standard InChI is InChI=1S/C25H26N8O4S/c1-13-9-31(10-14(2)37-13)12-19(34)28-15-6-17-21(26-7-15)22-20(23(35)29-17)25-33(30-22)11-18(38-25)16-8-27-32-4-3-5-36-24(16)32/h6-8,11,13-14H,3-5,9-10,12H2,1-2H3,(H,28,34)(H,29,35)/t13-,14-/m0/s1. The van der Waals surface area contributed by atoms with E-state index < -0.39 is 0 Å². The van der Waals surface area contributed by atoms with Crippen LogP contribution in [-0.4, -0.2) is 78.6 Å². The Labute approximate surface area is 220 Å². The number of nitrogens with zero attached hydrogens (tertiary/aromatic N) is 6. The summed E-state index contributed by atoms with van der Waals surface area (Å²) in [5.41, 5.74) is 2.75. The molecule has 0 saturated carbocycles. The Balaban J connectivity index is 1.19. The molecule has 0 spiro atoms. The summed E-state index contributed by atoms with van der Waals surface area (Å²) in [7, 11) is 0. The smallest absolute Gasteiger partial charge is 0.261 e. The number of H-pyrrole nitrogens is 1. The van der Waals surface area contributed by atoms with Gasteiger partial charge in [0.2, 0.25) is 11.8 Å². The first-order valence-corrected chi connectivity index (χ1v) is 13.4. The molecule has 2 atom stereocenters. The van der Waals surface area contributed by atoms with Crippen molar-refractivity contribution in [3.05, 3.63) is 35.0 Å². The Bertz CT molecular complexity index is 1760. The normalized spacial score (nSPS) is 20.2. The number of carbonyl (C=O) groups excluding carboxylic acids is 1. The third-order valence-corrected chi connectivity index (χ3v) is 7.99. The lowest BCUT2D eigenvalue weighted by Gasteiger charge is -2.34. The Morgan fingerprint density at radius 2 is 2.08 bits per heavy atom. The Morgan fingerprint density at radius 1 is 1.24 bits per heavy atom. The van der Waals surface area contributed by atoms with E-state index in [-0.39, 0.29) is 30.2 Å². The summed E-state index contributed by atoms with van der Waals surface area (Å²) in [6.45, 7) is 7.17. The molecule has 5 aromatic heterocycles. The predicted molar refractivity (Wildman–Crippen MR) is 143 cm³/mol. The van der Waals surface area contributed by atoms with Crippen LogP contribution in [-0.2, 0) is 16.1 Å². The summed E-state index contributed by atoms with van der Waals surface area (Å²) in [5, 5.41) is 12.5. The minimum absolute atomic E-state index is 0.0842. The number of hydrogen-bond donors (Lipinski definition) is 2. The van der Waals surface area contributed by atoms with Crippen LogP contribution in [0.5, 0.6) is 5.88 Å². The van der Waals surface area contributed by atoms with E-state index in [9.17, 15) is 9.59 Å². The summed E-state index contributed by atoms with van der Waals surface area (Å²) in [5.74, 6) is 0.607. The minimum Gasteiger partial charge on any atom is -0.477 e. The summed E-state index contributed by atoms with van der Waals surface area (Å²) in [6.07, 6.45) is 6.38. The number of morpholine rings is 1. The number of aryl methyl sites for hydroxylation is 1. The van der Waals surface area contributed by atoms with Gasteiger partial charge in [0.25, 0.3) is 5.56 Å². The quantitative estimate of drug-likeness (QED) is 0.360. The van der Waals surface area contributed by atoms with Gasteiger partial charge in [-0.25, -0.2) is 9.20 Å². The minimum atomic E-state index is -0.259. The average Bonchev–Trinajstić information content (AvgIpc) is 3.55. The van der Waals surface area contributed by atoms with Crippen LogP contribution in [0.15, 0.2) is 29.5 Å². The number of amides is 1. The molecule has 0 aliphatic carbocycles. The van der Waals surface area contributed by atoms with Crippen molar-refractivity contribution in [2.45, 2.75) is 39.0 Å². The van der Waals surface area contributed by atoms with Gasteiger partial charge in [0.1, 0.15) is 21.3 Å². The molecule has 13 heteroatoms. The molecule has 2 aliphatic rings. The van der Waals surface area contributed by atoms with Gasteiger partial charge in [0.15, 0.2) is 0 Å². The van der Waals surface area contributed by atoms with Crippen LogP contribution in [0.4, 0.5) is 5.69 Å². The Morgan fingerprint density at radius 3 is 2.92 bits per heavy atom. The molecule has 196 valence electrons. The number of hydrogen-bond acceptors (Lipinski definition) is 9. The molecular formula is C25H26N8O4S. The lowest BCUT2D eigenvalue weighted by atomic mass is 10.2. The summed E-state index contributed by atoms with van der Waals surface area (Å²) in [6, 6.07) is 1.72. The topological polar surface area (TPSA) is 132 Å². The first-order valence-electron chi connectivity index (χ1n) is 12.6. The van der Waals surface area contributed by atoms with E-state index in [1.807, 2.05) is 24.7 Å². The zero-order valence-corrected chi connectivity index (χ0v) is 21.7. The number of aromatic nitrogens is 6. The lowest BCUT2D eigenvalue weighted by Crippen LogP contribution is -2.48. The molecule has 2 aliphatic heterocycles.